The van der Waals surface area contributed by atoms with E-state index in [-0.39, 0.29) is 13.2 Å². The van der Waals surface area contributed by atoms with Gasteiger partial charge in [0.1, 0.15) is 19.0 Å². The number of hydrogen-bond donors (Lipinski definition) is 2. The second kappa shape index (κ2) is 19.0. The molecule has 0 saturated heterocycles. The predicted octanol–water partition coefficient (Wildman–Crippen LogP) is 0.832. The fourth-order valence-corrected chi connectivity index (χ4v) is 2.08. The summed E-state index contributed by atoms with van der Waals surface area (Å²) in [6.07, 6.45) is 0. The molecule has 172 valence electrons. The van der Waals surface area contributed by atoms with Crippen LogP contribution < -0.4 is 10.5 Å². The van der Waals surface area contributed by atoms with Gasteiger partial charge in [-0.25, -0.2) is 4.79 Å². The summed E-state index contributed by atoms with van der Waals surface area (Å²) < 4.78 is 37.1. The maximum absolute atomic E-state index is 10.2. The molecule has 30 heavy (non-hydrogen) atoms. The van der Waals surface area contributed by atoms with Gasteiger partial charge in [0.25, 0.3) is 0 Å². The Kier molecular flexibility index (Phi) is 16.6. The Balaban J connectivity index is 1.71. The molecule has 0 spiro atoms. The molecular formula is C20H33NO9. The van der Waals surface area contributed by atoms with Crippen LogP contribution in [0.15, 0.2) is 24.3 Å². The van der Waals surface area contributed by atoms with Crippen LogP contribution in [0.5, 0.6) is 5.75 Å². The fourth-order valence-electron chi connectivity index (χ4n) is 2.08. The maximum Gasteiger partial charge on any atom is 0.329 e. The van der Waals surface area contributed by atoms with Crippen LogP contribution in [0.1, 0.15) is 0 Å². The molecule has 0 saturated carbocycles. The minimum atomic E-state index is -0.993. The molecule has 0 aliphatic heterocycles. The van der Waals surface area contributed by atoms with Crippen LogP contribution in [-0.2, 0) is 33.2 Å². The number of carbonyl (C=O) groups is 1. The van der Waals surface area contributed by atoms with Gasteiger partial charge in [0.2, 0.25) is 0 Å². The number of anilines is 1. The van der Waals surface area contributed by atoms with Crippen molar-refractivity contribution in [3.8, 4) is 5.75 Å². The van der Waals surface area contributed by atoms with E-state index in [1.807, 2.05) is 18.2 Å². The molecule has 0 amide bonds. The molecule has 0 aliphatic rings. The maximum atomic E-state index is 10.2. The van der Waals surface area contributed by atoms with Gasteiger partial charge in [-0.3, -0.25) is 0 Å². The van der Waals surface area contributed by atoms with Gasteiger partial charge in [-0.15, -0.1) is 0 Å². The predicted molar refractivity (Wildman–Crippen MR) is 109 cm³/mol. The van der Waals surface area contributed by atoms with Gasteiger partial charge in [-0.2, -0.15) is 0 Å². The minimum Gasteiger partial charge on any atom is -0.489 e. The molecule has 0 bridgehead atoms. The molecule has 0 aromatic heterocycles. The quantitative estimate of drug-likeness (QED) is 0.213. The average molecular weight is 431 g/mol. The second-order valence-electron chi connectivity index (χ2n) is 5.89. The topological polar surface area (TPSA) is 128 Å². The first-order valence-corrected chi connectivity index (χ1v) is 9.85. The van der Waals surface area contributed by atoms with E-state index in [4.69, 9.17) is 44.0 Å². The van der Waals surface area contributed by atoms with Crippen molar-refractivity contribution in [3.63, 3.8) is 0 Å². The van der Waals surface area contributed by atoms with Crippen LogP contribution in [0.3, 0.4) is 0 Å². The third-order valence-electron chi connectivity index (χ3n) is 3.49. The van der Waals surface area contributed by atoms with E-state index in [0.29, 0.717) is 84.1 Å². The lowest BCUT2D eigenvalue weighted by Gasteiger charge is -2.09. The van der Waals surface area contributed by atoms with E-state index in [1.54, 1.807) is 6.07 Å². The number of nitrogens with two attached hydrogens (primary N) is 1. The summed E-state index contributed by atoms with van der Waals surface area (Å²) in [4.78, 5) is 10.2. The third-order valence-corrected chi connectivity index (χ3v) is 3.49. The van der Waals surface area contributed by atoms with Crippen molar-refractivity contribution < 1.29 is 43.1 Å². The molecule has 0 unspecified atom stereocenters. The molecule has 1 aromatic rings. The van der Waals surface area contributed by atoms with E-state index >= 15 is 0 Å². The second-order valence-corrected chi connectivity index (χ2v) is 5.89. The van der Waals surface area contributed by atoms with Crippen LogP contribution in [0.4, 0.5) is 5.69 Å². The van der Waals surface area contributed by atoms with Crippen LogP contribution >= 0.6 is 0 Å². The number of para-hydroxylation sites is 2. The minimum absolute atomic E-state index is 0.247. The van der Waals surface area contributed by atoms with Crippen LogP contribution in [0.25, 0.3) is 0 Å². The summed E-state index contributed by atoms with van der Waals surface area (Å²) in [6.45, 7) is 4.91. The zero-order valence-electron chi connectivity index (χ0n) is 17.3. The molecule has 1 aromatic carbocycles. The first-order valence-electron chi connectivity index (χ1n) is 9.85. The van der Waals surface area contributed by atoms with Crippen LogP contribution in [-0.4, -0.2) is 97.0 Å². The molecule has 3 N–H and O–H groups in total. The Bertz CT molecular complexity index is 545. The van der Waals surface area contributed by atoms with E-state index in [2.05, 4.69) is 0 Å². The number of rotatable bonds is 21. The zero-order valence-corrected chi connectivity index (χ0v) is 17.3. The van der Waals surface area contributed by atoms with Crippen molar-refractivity contribution in [2.45, 2.75) is 0 Å². The van der Waals surface area contributed by atoms with Crippen molar-refractivity contribution in [2.24, 2.45) is 0 Å². The molecule has 10 heteroatoms. The lowest BCUT2D eigenvalue weighted by atomic mass is 10.3. The van der Waals surface area contributed by atoms with Gasteiger partial charge in [0.15, 0.2) is 0 Å². The van der Waals surface area contributed by atoms with Gasteiger partial charge >= 0.3 is 5.97 Å². The van der Waals surface area contributed by atoms with Gasteiger partial charge in [0.05, 0.1) is 78.4 Å². The van der Waals surface area contributed by atoms with Crippen LogP contribution in [0, 0.1) is 0 Å². The Morgan fingerprint density at radius 1 is 0.667 bits per heavy atom. The number of ether oxygens (including phenoxy) is 7. The molecule has 1 rings (SSSR count). The highest BCUT2D eigenvalue weighted by molar-refractivity contribution is 5.67. The summed E-state index contributed by atoms with van der Waals surface area (Å²) in [5.41, 5.74) is 6.39. The Morgan fingerprint density at radius 3 is 1.50 bits per heavy atom. The standard InChI is InChI=1S/C20H33NO9/c21-18-3-1-2-4-19(18)30-16-15-28-12-11-26-8-7-24-5-6-25-9-10-27-13-14-29-17-20(22)23/h1-4H,5-17,21H2,(H,22,23). The number of carboxylic acid groups (broad SMARTS) is 1. The molecule has 0 atom stereocenters. The number of nitrogen functional groups attached to an aromatic ring is 1. The molecule has 0 aliphatic carbocycles. The molecule has 0 radical (unpaired) electrons. The van der Waals surface area contributed by atoms with Crippen molar-refractivity contribution in [1.82, 2.24) is 0 Å². The van der Waals surface area contributed by atoms with Crippen LogP contribution in [0.2, 0.25) is 0 Å². The van der Waals surface area contributed by atoms with E-state index in [1.165, 1.54) is 0 Å². The lowest BCUT2D eigenvalue weighted by Crippen LogP contribution is -2.15. The fraction of sp³-hybridized carbons (Fsp3) is 0.650. The van der Waals surface area contributed by atoms with Gasteiger partial charge in [-0.1, -0.05) is 12.1 Å². The van der Waals surface area contributed by atoms with Crippen molar-refractivity contribution >= 4 is 11.7 Å². The Morgan fingerprint density at radius 2 is 1.07 bits per heavy atom. The van der Waals surface area contributed by atoms with E-state index in [9.17, 15) is 4.79 Å². The summed E-state index contributed by atoms with van der Waals surface area (Å²) >= 11 is 0. The van der Waals surface area contributed by atoms with Crippen molar-refractivity contribution in [1.29, 1.82) is 0 Å². The third kappa shape index (κ3) is 15.9. The largest absolute Gasteiger partial charge is 0.489 e. The van der Waals surface area contributed by atoms with Gasteiger partial charge < -0.3 is 44.0 Å². The number of hydrogen-bond acceptors (Lipinski definition) is 9. The highest BCUT2D eigenvalue weighted by Gasteiger charge is 1.98. The first-order chi connectivity index (χ1) is 14.7. The van der Waals surface area contributed by atoms with Crippen molar-refractivity contribution in [2.75, 3.05) is 91.6 Å². The van der Waals surface area contributed by atoms with Crippen molar-refractivity contribution in [3.05, 3.63) is 24.3 Å². The van der Waals surface area contributed by atoms with Gasteiger partial charge in [0, 0.05) is 0 Å². The lowest BCUT2D eigenvalue weighted by molar-refractivity contribution is -0.142. The summed E-state index contributed by atoms with van der Waals surface area (Å²) in [5.74, 6) is -0.332. The number of carboxylic acids is 1. The Hall–Kier alpha value is -1.95. The number of aliphatic carboxylic acids is 1. The normalized spacial score (nSPS) is 10.9. The van der Waals surface area contributed by atoms with Gasteiger partial charge in [-0.05, 0) is 12.1 Å². The Labute approximate surface area is 177 Å². The molecule has 0 fully saturated rings. The molecular weight excluding hydrogens is 398 g/mol. The van der Waals surface area contributed by atoms with E-state index < -0.39 is 5.97 Å². The zero-order chi connectivity index (χ0) is 21.7. The SMILES string of the molecule is Nc1ccccc1OCCOCCOCCOCCOCCOCCOCC(=O)O. The monoisotopic (exact) mass is 431 g/mol. The molecule has 0 heterocycles. The molecule has 10 nitrogen and oxygen atoms in total. The highest BCUT2D eigenvalue weighted by Crippen LogP contribution is 2.19. The summed E-state index contributed by atoms with van der Waals surface area (Å²) in [5, 5.41) is 8.38. The average Bonchev–Trinajstić information content (AvgIpc) is 2.73. The smallest absolute Gasteiger partial charge is 0.329 e. The van der Waals surface area contributed by atoms with E-state index in [0.717, 1.165) is 0 Å². The highest BCUT2D eigenvalue weighted by atomic mass is 16.6. The summed E-state index contributed by atoms with van der Waals surface area (Å²) in [6, 6.07) is 7.34. The summed E-state index contributed by atoms with van der Waals surface area (Å²) in [7, 11) is 0. The number of benzene rings is 1. The first kappa shape index (κ1) is 26.1.